The molecule has 3 amide bonds. The van der Waals surface area contributed by atoms with Gasteiger partial charge >= 0.3 is 6.03 Å². The Labute approximate surface area is 132 Å². The molecule has 1 aliphatic rings. The molecule has 0 bridgehead atoms. The quantitative estimate of drug-likeness (QED) is 0.898. The average molecular weight is 303 g/mol. The van der Waals surface area contributed by atoms with Crippen LogP contribution >= 0.6 is 0 Å². The summed E-state index contributed by atoms with van der Waals surface area (Å²) in [7, 11) is 3.42. The van der Waals surface area contributed by atoms with Crippen LogP contribution in [0.25, 0.3) is 0 Å². The Morgan fingerprint density at radius 1 is 1.18 bits per heavy atom. The summed E-state index contributed by atoms with van der Waals surface area (Å²) in [4.78, 5) is 25.4. The van der Waals surface area contributed by atoms with E-state index in [9.17, 15) is 9.59 Å². The SMILES string of the molecule is CN(C)C(=O)c1cccc(NC(=O)NCC2CCCCC2)c1. The molecule has 5 heteroatoms. The number of anilines is 1. The van der Waals surface area contributed by atoms with Gasteiger partial charge in [0.25, 0.3) is 5.91 Å². The minimum atomic E-state index is -0.208. The molecule has 120 valence electrons. The van der Waals surface area contributed by atoms with Crippen LogP contribution in [0.1, 0.15) is 42.5 Å². The summed E-state index contributed by atoms with van der Waals surface area (Å²) < 4.78 is 0. The van der Waals surface area contributed by atoms with E-state index in [1.807, 2.05) is 0 Å². The predicted octanol–water partition coefficient (Wildman–Crippen LogP) is 3.09. The molecule has 0 atom stereocenters. The molecule has 1 saturated carbocycles. The van der Waals surface area contributed by atoms with Crippen molar-refractivity contribution in [2.24, 2.45) is 5.92 Å². The summed E-state index contributed by atoms with van der Waals surface area (Å²) in [5, 5.41) is 5.72. The van der Waals surface area contributed by atoms with Crippen LogP contribution in [0, 0.1) is 5.92 Å². The Morgan fingerprint density at radius 2 is 1.91 bits per heavy atom. The summed E-state index contributed by atoms with van der Waals surface area (Å²) in [5.74, 6) is 0.521. The van der Waals surface area contributed by atoms with Crippen LogP contribution in [-0.2, 0) is 0 Å². The van der Waals surface area contributed by atoms with Gasteiger partial charge in [-0.3, -0.25) is 4.79 Å². The first-order valence-corrected chi connectivity index (χ1v) is 7.93. The molecule has 5 nitrogen and oxygen atoms in total. The number of carbonyl (C=O) groups excluding carboxylic acids is 2. The molecule has 1 aromatic carbocycles. The first kappa shape index (κ1) is 16.3. The van der Waals surface area contributed by atoms with Crippen LogP contribution in [-0.4, -0.2) is 37.5 Å². The largest absolute Gasteiger partial charge is 0.345 e. The maximum atomic E-state index is 12.0. The van der Waals surface area contributed by atoms with Crippen molar-refractivity contribution in [2.75, 3.05) is 26.0 Å². The Kier molecular flexibility index (Phi) is 5.81. The van der Waals surface area contributed by atoms with Crippen molar-refractivity contribution in [3.63, 3.8) is 0 Å². The number of amides is 3. The highest BCUT2D eigenvalue weighted by Crippen LogP contribution is 2.22. The van der Waals surface area contributed by atoms with E-state index in [0.29, 0.717) is 17.2 Å². The molecule has 22 heavy (non-hydrogen) atoms. The molecule has 1 fully saturated rings. The van der Waals surface area contributed by atoms with Crippen LogP contribution in [0.5, 0.6) is 0 Å². The number of carbonyl (C=O) groups is 2. The molecule has 0 radical (unpaired) electrons. The molecule has 0 unspecified atom stereocenters. The van der Waals surface area contributed by atoms with Crippen LogP contribution in [0.4, 0.5) is 10.5 Å². The number of hydrogen-bond acceptors (Lipinski definition) is 2. The van der Waals surface area contributed by atoms with E-state index in [2.05, 4.69) is 10.6 Å². The fraction of sp³-hybridized carbons (Fsp3) is 0.529. The van der Waals surface area contributed by atoms with E-state index < -0.39 is 0 Å². The van der Waals surface area contributed by atoms with E-state index >= 15 is 0 Å². The van der Waals surface area contributed by atoms with Gasteiger partial charge in [0.2, 0.25) is 0 Å². The monoisotopic (exact) mass is 303 g/mol. The van der Waals surface area contributed by atoms with Gasteiger partial charge < -0.3 is 15.5 Å². The van der Waals surface area contributed by atoms with E-state index in [-0.39, 0.29) is 11.9 Å². The molecule has 0 saturated heterocycles. The van der Waals surface area contributed by atoms with Crippen molar-refractivity contribution < 1.29 is 9.59 Å². The van der Waals surface area contributed by atoms with E-state index in [4.69, 9.17) is 0 Å². The van der Waals surface area contributed by atoms with E-state index in [1.165, 1.54) is 37.0 Å². The van der Waals surface area contributed by atoms with Gasteiger partial charge in [-0.25, -0.2) is 4.79 Å². The highest BCUT2D eigenvalue weighted by Gasteiger charge is 2.14. The van der Waals surface area contributed by atoms with Crippen molar-refractivity contribution in [1.82, 2.24) is 10.2 Å². The van der Waals surface area contributed by atoms with Crippen molar-refractivity contribution in [2.45, 2.75) is 32.1 Å². The fourth-order valence-corrected chi connectivity index (χ4v) is 2.79. The van der Waals surface area contributed by atoms with Crippen molar-refractivity contribution in [3.8, 4) is 0 Å². The smallest absolute Gasteiger partial charge is 0.319 e. The summed E-state index contributed by atoms with van der Waals surface area (Å²) in [6.07, 6.45) is 6.25. The summed E-state index contributed by atoms with van der Waals surface area (Å²) in [5.41, 5.74) is 1.20. The number of hydrogen-bond donors (Lipinski definition) is 2. The minimum absolute atomic E-state index is 0.0775. The predicted molar refractivity (Wildman–Crippen MR) is 88.1 cm³/mol. The normalized spacial score (nSPS) is 15.2. The zero-order chi connectivity index (χ0) is 15.9. The van der Waals surface area contributed by atoms with Gasteiger partial charge in [-0.05, 0) is 37.0 Å². The second-order valence-corrected chi connectivity index (χ2v) is 6.12. The molecule has 2 N–H and O–H groups in total. The molecule has 0 heterocycles. The summed E-state index contributed by atoms with van der Waals surface area (Å²) >= 11 is 0. The van der Waals surface area contributed by atoms with Crippen molar-refractivity contribution in [3.05, 3.63) is 29.8 Å². The van der Waals surface area contributed by atoms with Crippen molar-refractivity contribution >= 4 is 17.6 Å². The van der Waals surface area contributed by atoms with Gasteiger partial charge in [0, 0.05) is 31.9 Å². The van der Waals surface area contributed by atoms with Gasteiger partial charge in [-0.15, -0.1) is 0 Å². The first-order chi connectivity index (χ1) is 10.6. The van der Waals surface area contributed by atoms with Crippen LogP contribution < -0.4 is 10.6 Å². The standard InChI is InChI=1S/C17H25N3O2/c1-20(2)16(21)14-9-6-10-15(11-14)19-17(22)18-12-13-7-4-3-5-8-13/h6,9-11,13H,3-5,7-8,12H2,1-2H3,(H2,18,19,22). The molecule has 0 aliphatic heterocycles. The first-order valence-electron chi connectivity index (χ1n) is 7.93. The lowest BCUT2D eigenvalue weighted by molar-refractivity contribution is 0.0827. The number of urea groups is 1. The number of nitrogens with one attached hydrogen (secondary N) is 2. The molecule has 1 aromatic rings. The van der Waals surface area contributed by atoms with Crippen LogP contribution in [0.3, 0.4) is 0 Å². The summed E-state index contributed by atoms with van der Waals surface area (Å²) in [6, 6.07) is 6.79. The Morgan fingerprint density at radius 3 is 2.59 bits per heavy atom. The zero-order valence-electron chi connectivity index (χ0n) is 13.4. The Bertz CT molecular complexity index is 522. The van der Waals surface area contributed by atoms with Gasteiger partial charge in [-0.2, -0.15) is 0 Å². The highest BCUT2D eigenvalue weighted by molar-refractivity contribution is 5.96. The minimum Gasteiger partial charge on any atom is -0.345 e. The maximum absolute atomic E-state index is 12.0. The lowest BCUT2D eigenvalue weighted by atomic mass is 9.89. The Hall–Kier alpha value is -2.04. The maximum Gasteiger partial charge on any atom is 0.319 e. The fourth-order valence-electron chi connectivity index (χ4n) is 2.79. The third kappa shape index (κ3) is 4.76. The third-order valence-electron chi connectivity index (χ3n) is 4.05. The van der Waals surface area contributed by atoms with Crippen LogP contribution in [0.2, 0.25) is 0 Å². The number of rotatable bonds is 4. The Balaban J connectivity index is 1.85. The van der Waals surface area contributed by atoms with Crippen LogP contribution in [0.15, 0.2) is 24.3 Å². The van der Waals surface area contributed by atoms with Gasteiger partial charge in [-0.1, -0.05) is 25.3 Å². The molecule has 2 rings (SSSR count). The number of benzene rings is 1. The van der Waals surface area contributed by atoms with Gasteiger partial charge in [0.15, 0.2) is 0 Å². The second-order valence-electron chi connectivity index (χ2n) is 6.12. The topological polar surface area (TPSA) is 61.4 Å². The van der Waals surface area contributed by atoms with E-state index in [1.54, 1.807) is 38.4 Å². The third-order valence-corrected chi connectivity index (χ3v) is 4.05. The highest BCUT2D eigenvalue weighted by atomic mass is 16.2. The van der Waals surface area contributed by atoms with E-state index in [0.717, 1.165) is 6.54 Å². The summed E-state index contributed by atoms with van der Waals surface area (Å²) in [6.45, 7) is 0.724. The molecular formula is C17H25N3O2. The van der Waals surface area contributed by atoms with Gasteiger partial charge in [0.1, 0.15) is 0 Å². The molecule has 0 spiro atoms. The lowest BCUT2D eigenvalue weighted by Gasteiger charge is -2.21. The van der Waals surface area contributed by atoms with Crippen molar-refractivity contribution in [1.29, 1.82) is 0 Å². The molecule has 0 aromatic heterocycles. The number of nitrogens with zero attached hydrogens (tertiary/aromatic N) is 1. The average Bonchev–Trinajstić information content (AvgIpc) is 2.53. The molecular weight excluding hydrogens is 278 g/mol. The molecule has 1 aliphatic carbocycles. The van der Waals surface area contributed by atoms with Gasteiger partial charge in [0.05, 0.1) is 0 Å². The lowest BCUT2D eigenvalue weighted by Crippen LogP contribution is -2.33. The second kappa shape index (κ2) is 7.82. The zero-order valence-corrected chi connectivity index (χ0v) is 13.4.